The van der Waals surface area contributed by atoms with Gasteiger partial charge < -0.3 is 10.1 Å². The molecular formula is C16H18F2N2O. The normalized spacial score (nSPS) is 10.9. The number of nitrogens with zero attached hydrogens (tertiary/aromatic N) is 1. The molecule has 0 spiro atoms. The molecular weight excluding hydrogens is 274 g/mol. The van der Waals surface area contributed by atoms with Gasteiger partial charge in [-0.05, 0) is 24.3 Å². The van der Waals surface area contributed by atoms with Crippen molar-refractivity contribution in [1.29, 1.82) is 0 Å². The number of nitrogens with one attached hydrogen (secondary N) is 1. The van der Waals surface area contributed by atoms with E-state index in [9.17, 15) is 8.78 Å². The Hall–Kier alpha value is -2.01. The molecule has 0 saturated carbocycles. The zero-order valence-electron chi connectivity index (χ0n) is 12.1. The van der Waals surface area contributed by atoms with Crippen LogP contribution in [0.2, 0.25) is 0 Å². The summed E-state index contributed by atoms with van der Waals surface area (Å²) in [4.78, 5) is 4.23. The van der Waals surface area contributed by atoms with Gasteiger partial charge in [0.25, 0.3) is 0 Å². The summed E-state index contributed by atoms with van der Waals surface area (Å²) >= 11 is 0. The zero-order chi connectivity index (χ0) is 15.2. The molecule has 5 heteroatoms. The fraction of sp³-hybridized carbons (Fsp3) is 0.312. The third kappa shape index (κ3) is 4.49. The molecule has 0 bridgehead atoms. The van der Waals surface area contributed by atoms with Crippen LogP contribution in [0.3, 0.4) is 0 Å². The van der Waals surface area contributed by atoms with Crippen LogP contribution in [0.5, 0.6) is 5.75 Å². The van der Waals surface area contributed by atoms with E-state index in [0.717, 1.165) is 5.69 Å². The molecule has 0 aliphatic carbocycles. The van der Waals surface area contributed by atoms with Crippen molar-refractivity contribution in [2.24, 2.45) is 0 Å². The smallest absolute Gasteiger partial charge is 0.138 e. The summed E-state index contributed by atoms with van der Waals surface area (Å²) in [5.41, 5.74) is 0.802. The maximum absolute atomic E-state index is 13.4. The summed E-state index contributed by atoms with van der Waals surface area (Å²) in [7, 11) is 0. The van der Waals surface area contributed by atoms with Crippen LogP contribution in [0.4, 0.5) is 8.78 Å². The highest BCUT2D eigenvalue weighted by Crippen LogP contribution is 2.16. The second kappa shape index (κ2) is 7.13. The monoisotopic (exact) mass is 292 g/mol. The average Bonchev–Trinajstić information content (AvgIpc) is 2.46. The third-order valence-electron chi connectivity index (χ3n) is 2.93. The van der Waals surface area contributed by atoms with Gasteiger partial charge in [-0.3, -0.25) is 4.98 Å². The molecule has 1 aromatic carbocycles. The molecule has 1 aromatic heterocycles. The molecule has 0 atom stereocenters. The van der Waals surface area contributed by atoms with E-state index in [4.69, 9.17) is 4.74 Å². The highest BCUT2D eigenvalue weighted by Gasteiger charge is 2.09. The maximum atomic E-state index is 13.4. The minimum atomic E-state index is -0.610. The van der Waals surface area contributed by atoms with E-state index in [2.05, 4.69) is 24.1 Å². The first-order chi connectivity index (χ1) is 10.1. The lowest BCUT2D eigenvalue weighted by Gasteiger charge is -2.10. The van der Waals surface area contributed by atoms with Crippen LogP contribution in [-0.4, -0.2) is 11.0 Å². The Bertz CT molecular complexity index is 565. The van der Waals surface area contributed by atoms with Crippen LogP contribution in [0, 0.1) is 11.6 Å². The Kier molecular flexibility index (Phi) is 5.22. The Balaban J connectivity index is 1.95. The van der Waals surface area contributed by atoms with Gasteiger partial charge in [-0.25, -0.2) is 8.78 Å². The number of hydrogen-bond acceptors (Lipinski definition) is 3. The van der Waals surface area contributed by atoms with Gasteiger partial charge in [0.1, 0.15) is 24.0 Å². The molecule has 2 aromatic rings. The molecule has 1 N–H and O–H groups in total. The van der Waals surface area contributed by atoms with E-state index < -0.39 is 11.6 Å². The number of hydrogen-bond donors (Lipinski definition) is 1. The number of halogens is 2. The van der Waals surface area contributed by atoms with E-state index >= 15 is 0 Å². The lowest BCUT2D eigenvalue weighted by molar-refractivity contribution is 0.291. The van der Waals surface area contributed by atoms with Crippen LogP contribution in [0.15, 0.2) is 36.5 Å². The molecule has 3 nitrogen and oxygen atoms in total. The van der Waals surface area contributed by atoms with Gasteiger partial charge in [0.15, 0.2) is 0 Å². The molecule has 0 unspecified atom stereocenters. The first kappa shape index (κ1) is 15.4. The van der Waals surface area contributed by atoms with Crippen molar-refractivity contribution in [2.45, 2.75) is 33.0 Å². The molecule has 0 saturated heterocycles. The highest BCUT2D eigenvalue weighted by molar-refractivity contribution is 5.23. The van der Waals surface area contributed by atoms with Crippen LogP contribution in [-0.2, 0) is 13.2 Å². The van der Waals surface area contributed by atoms with Gasteiger partial charge in [0, 0.05) is 12.6 Å². The van der Waals surface area contributed by atoms with Crippen molar-refractivity contribution in [2.75, 3.05) is 0 Å². The van der Waals surface area contributed by atoms with Gasteiger partial charge in [-0.2, -0.15) is 0 Å². The molecule has 21 heavy (non-hydrogen) atoms. The summed E-state index contributed by atoms with van der Waals surface area (Å²) in [5.74, 6) is -0.743. The van der Waals surface area contributed by atoms with Gasteiger partial charge in [0.2, 0.25) is 0 Å². The van der Waals surface area contributed by atoms with Crippen molar-refractivity contribution in [3.05, 3.63) is 59.4 Å². The first-order valence-electron chi connectivity index (χ1n) is 6.80. The van der Waals surface area contributed by atoms with Crippen molar-refractivity contribution in [3.8, 4) is 5.75 Å². The molecule has 0 aliphatic heterocycles. The lowest BCUT2D eigenvalue weighted by atomic mass is 10.2. The molecule has 0 aliphatic rings. The molecule has 0 fully saturated rings. The summed E-state index contributed by atoms with van der Waals surface area (Å²) < 4.78 is 32.3. The quantitative estimate of drug-likeness (QED) is 0.885. The van der Waals surface area contributed by atoms with E-state index in [-0.39, 0.29) is 12.2 Å². The van der Waals surface area contributed by atoms with Crippen LogP contribution in [0.25, 0.3) is 0 Å². The van der Waals surface area contributed by atoms with Gasteiger partial charge in [0.05, 0.1) is 17.5 Å². The lowest BCUT2D eigenvalue weighted by Crippen LogP contribution is -2.22. The number of aromatic nitrogens is 1. The van der Waals surface area contributed by atoms with Crippen molar-refractivity contribution in [1.82, 2.24) is 10.3 Å². The molecule has 0 amide bonds. The number of pyridine rings is 1. The predicted octanol–water partition coefficient (Wildman–Crippen LogP) is 3.44. The topological polar surface area (TPSA) is 34.1 Å². The fourth-order valence-corrected chi connectivity index (χ4v) is 1.74. The molecule has 2 rings (SSSR count). The third-order valence-corrected chi connectivity index (χ3v) is 2.93. The van der Waals surface area contributed by atoms with Crippen LogP contribution >= 0.6 is 0 Å². The van der Waals surface area contributed by atoms with Crippen molar-refractivity contribution < 1.29 is 13.5 Å². The Morgan fingerprint density at radius 1 is 1.14 bits per heavy atom. The number of ether oxygens (including phenoxy) is 1. The van der Waals surface area contributed by atoms with Gasteiger partial charge in [-0.1, -0.05) is 19.9 Å². The summed E-state index contributed by atoms with van der Waals surface area (Å²) in [6.07, 6.45) is 1.55. The average molecular weight is 292 g/mol. The predicted molar refractivity (Wildman–Crippen MR) is 76.9 cm³/mol. The van der Waals surface area contributed by atoms with E-state index in [1.54, 1.807) is 12.3 Å². The molecule has 0 radical (unpaired) electrons. The van der Waals surface area contributed by atoms with E-state index in [0.29, 0.717) is 18.3 Å². The fourth-order valence-electron chi connectivity index (χ4n) is 1.74. The van der Waals surface area contributed by atoms with Crippen LogP contribution < -0.4 is 10.1 Å². The van der Waals surface area contributed by atoms with Crippen molar-refractivity contribution >= 4 is 0 Å². The van der Waals surface area contributed by atoms with Gasteiger partial charge >= 0.3 is 0 Å². The molecule has 112 valence electrons. The largest absolute Gasteiger partial charge is 0.487 e. The van der Waals surface area contributed by atoms with Crippen LogP contribution in [0.1, 0.15) is 25.1 Å². The Labute approximate surface area is 123 Å². The maximum Gasteiger partial charge on any atom is 0.138 e. The van der Waals surface area contributed by atoms with E-state index in [1.165, 1.54) is 18.2 Å². The van der Waals surface area contributed by atoms with E-state index in [1.807, 2.05) is 6.07 Å². The number of benzene rings is 1. The highest BCUT2D eigenvalue weighted by atomic mass is 19.1. The Morgan fingerprint density at radius 3 is 2.43 bits per heavy atom. The standard InChI is InChI=1S/C16H18F2N2O/c1-11(2)19-8-12-6-7-13(9-20-12)21-10-14-15(17)4-3-5-16(14)18/h3-7,9,11,19H,8,10H2,1-2H3. The zero-order valence-corrected chi connectivity index (χ0v) is 12.1. The van der Waals surface area contributed by atoms with Crippen molar-refractivity contribution in [3.63, 3.8) is 0 Å². The summed E-state index contributed by atoms with van der Waals surface area (Å²) in [6.45, 7) is 4.62. The minimum absolute atomic E-state index is 0.0805. The Morgan fingerprint density at radius 2 is 1.86 bits per heavy atom. The minimum Gasteiger partial charge on any atom is -0.487 e. The second-order valence-corrected chi connectivity index (χ2v) is 5.01. The molecule has 1 heterocycles. The summed E-state index contributed by atoms with van der Waals surface area (Å²) in [6, 6.07) is 7.69. The number of rotatable bonds is 6. The first-order valence-corrected chi connectivity index (χ1v) is 6.80. The second-order valence-electron chi connectivity index (χ2n) is 5.01. The SMILES string of the molecule is CC(C)NCc1ccc(OCc2c(F)cccc2F)cn1. The summed E-state index contributed by atoms with van der Waals surface area (Å²) in [5, 5.41) is 3.25. The van der Waals surface area contributed by atoms with Gasteiger partial charge in [-0.15, -0.1) is 0 Å².